The van der Waals surface area contributed by atoms with E-state index in [1.807, 2.05) is 4.72 Å². The Morgan fingerprint density at radius 2 is 1.90 bits per heavy atom. The van der Waals surface area contributed by atoms with Crippen LogP contribution in [0.3, 0.4) is 0 Å². The molecule has 0 bridgehead atoms. The van der Waals surface area contributed by atoms with E-state index in [-0.39, 0.29) is 16.3 Å². The van der Waals surface area contributed by atoms with Crippen molar-refractivity contribution in [1.82, 2.24) is 0 Å². The van der Waals surface area contributed by atoms with Crippen molar-refractivity contribution in [3.8, 4) is 0 Å². The summed E-state index contributed by atoms with van der Waals surface area (Å²) < 4.78 is 53.4. The van der Waals surface area contributed by atoms with E-state index in [1.54, 1.807) is 0 Å². The molecular weight excluding hydrogens is 324 g/mol. The normalized spacial score (nSPS) is 11.4. The fourth-order valence-electron chi connectivity index (χ4n) is 1.69. The minimum atomic E-state index is -4.30. The lowest BCUT2D eigenvalue weighted by Gasteiger charge is -2.11. The van der Waals surface area contributed by atoms with Gasteiger partial charge in [-0.05, 0) is 30.3 Å². The van der Waals surface area contributed by atoms with Crippen LogP contribution >= 0.6 is 11.6 Å². The third-order valence-electron chi connectivity index (χ3n) is 2.62. The van der Waals surface area contributed by atoms with E-state index >= 15 is 0 Å². The third-order valence-corrected chi connectivity index (χ3v) is 4.21. The molecule has 0 amide bonds. The quantitative estimate of drug-likeness (QED) is 0.904. The molecule has 0 atom stereocenters. The van der Waals surface area contributed by atoms with E-state index in [1.165, 1.54) is 12.1 Å². The Morgan fingerprint density at radius 1 is 1.19 bits per heavy atom. The van der Waals surface area contributed by atoms with Crippen LogP contribution in [-0.4, -0.2) is 13.5 Å². The number of halogens is 3. The molecule has 21 heavy (non-hydrogen) atoms. The molecule has 112 valence electrons. The van der Waals surface area contributed by atoms with Crippen LogP contribution in [0.4, 0.5) is 14.5 Å². The van der Waals surface area contributed by atoms with Gasteiger partial charge in [-0.15, -0.1) is 0 Å². The average molecular weight is 334 g/mol. The Morgan fingerprint density at radius 3 is 2.52 bits per heavy atom. The monoisotopic (exact) mass is 333 g/mol. The molecule has 0 aliphatic heterocycles. The van der Waals surface area contributed by atoms with Gasteiger partial charge in [0.1, 0.15) is 16.5 Å². The lowest BCUT2D eigenvalue weighted by atomic mass is 10.2. The van der Waals surface area contributed by atoms with E-state index < -0.39 is 33.2 Å². The standard InChI is InChI=1S/C13H10ClF2NO3S/c14-9-4-8(7-18)13(16)12(5-9)21(19,20)17-11-3-1-2-10(15)6-11/h1-6,17-18H,7H2. The Labute approximate surface area is 125 Å². The fraction of sp³-hybridized carbons (Fsp3) is 0.0769. The SMILES string of the molecule is O=S(=O)(Nc1cccc(F)c1)c1cc(Cl)cc(CO)c1F. The van der Waals surface area contributed by atoms with E-state index in [0.717, 1.165) is 24.3 Å². The molecule has 0 radical (unpaired) electrons. The molecule has 4 nitrogen and oxygen atoms in total. The number of rotatable bonds is 4. The van der Waals surface area contributed by atoms with Crippen molar-refractivity contribution in [2.24, 2.45) is 0 Å². The van der Waals surface area contributed by atoms with Gasteiger partial charge in [0.15, 0.2) is 0 Å². The summed E-state index contributed by atoms with van der Waals surface area (Å²) in [6.45, 7) is -0.700. The third kappa shape index (κ3) is 3.49. The number of hydrogen-bond donors (Lipinski definition) is 2. The largest absolute Gasteiger partial charge is 0.392 e. The number of aliphatic hydroxyl groups excluding tert-OH is 1. The molecule has 0 heterocycles. The highest BCUT2D eigenvalue weighted by atomic mass is 35.5. The molecule has 8 heteroatoms. The van der Waals surface area contributed by atoms with Crippen molar-refractivity contribution in [3.63, 3.8) is 0 Å². The summed E-state index contributed by atoms with van der Waals surface area (Å²) in [5, 5.41) is 8.95. The predicted octanol–water partition coefficient (Wildman–Crippen LogP) is 2.91. The zero-order valence-electron chi connectivity index (χ0n) is 10.5. The van der Waals surface area contributed by atoms with Gasteiger partial charge in [0.25, 0.3) is 10.0 Å². The van der Waals surface area contributed by atoms with Gasteiger partial charge in [0, 0.05) is 10.6 Å². The minimum absolute atomic E-state index is 0.0416. The van der Waals surface area contributed by atoms with Gasteiger partial charge in [0.05, 0.1) is 12.3 Å². The van der Waals surface area contributed by atoms with Crippen molar-refractivity contribution in [3.05, 3.63) is 58.6 Å². The fourth-order valence-corrected chi connectivity index (χ4v) is 3.19. The Balaban J connectivity index is 2.47. The molecule has 0 fully saturated rings. The van der Waals surface area contributed by atoms with Crippen LogP contribution in [0.15, 0.2) is 41.3 Å². The Bertz CT molecular complexity index is 781. The van der Waals surface area contributed by atoms with Gasteiger partial charge >= 0.3 is 0 Å². The molecule has 0 saturated carbocycles. The molecule has 0 aromatic heterocycles. The average Bonchev–Trinajstić information content (AvgIpc) is 2.40. The predicted molar refractivity (Wildman–Crippen MR) is 74.5 cm³/mol. The zero-order valence-corrected chi connectivity index (χ0v) is 12.0. The highest BCUT2D eigenvalue weighted by molar-refractivity contribution is 7.92. The van der Waals surface area contributed by atoms with Gasteiger partial charge in [-0.3, -0.25) is 4.72 Å². The first-order valence-electron chi connectivity index (χ1n) is 5.70. The van der Waals surface area contributed by atoms with Crippen LogP contribution in [0.25, 0.3) is 0 Å². The molecule has 2 aromatic carbocycles. The van der Waals surface area contributed by atoms with E-state index in [9.17, 15) is 17.2 Å². The lowest BCUT2D eigenvalue weighted by Crippen LogP contribution is -2.15. The molecule has 0 saturated heterocycles. The highest BCUT2D eigenvalue weighted by Crippen LogP contribution is 2.25. The second-order valence-corrected chi connectivity index (χ2v) is 6.24. The van der Waals surface area contributed by atoms with Crippen molar-refractivity contribution < 1.29 is 22.3 Å². The zero-order chi connectivity index (χ0) is 15.6. The van der Waals surface area contributed by atoms with Crippen LogP contribution in [0.2, 0.25) is 5.02 Å². The molecule has 0 aliphatic rings. The van der Waals surface area contributed by atoms with Crippen molar-refractivity contribution >= 4 is 27.3 Å². The van der Waals surface area contributed by atoms with Gasteiger partial charge < -0.3 is 5.11 Å². The maximum atomic E-state index is 14.0. The van der Waals surface area contributed by atoms with E-state index in [2.05, 4.69) is 0 Å². The molecule has 0 unspecified atom stereocenters. The van der Waals surface area contributed by atoms with Crippen LogP contribution < -0.4 is 4.72 Å². The number of aliphatic hydroxyl groups is 1. The van der Waals surface area contributed by atoms with Crippen molar-refractivity contribution in [2.75, 3.05) is 4.72 Å². The highest BCUT2D eigenvalue weighted by Gasteiger charge is 2.22. The first-order valence-corrected chi connectivity index (χ1v) is 7.57. The number of hydrogen-bond acceptors (Lipinski definition) is 3. The lowest BCUT2D eigenvalue weighted by molar-refractivity contribution is 0.274. The second kappa shape index (κ2) is 5.97. The minimum Gasteiger partial charge on any atom is -0.392 e. The molecule has 0 aliphatic carbocycles. The molecule has 2 N–H and O–H groups in total. The number of sulfonamides is 1. The Hall–Kier alpha value is -1.70. The summed E-state index contributed by atoms with van der Waals surface area (Å²) in [6.07, 6.45) is 0. The van der Waals surface area contributed by atoms with Gasteiger partial charge in [-0.2, -0.15) is 0 Å². The van der Waals surface area contributed by atoms with Crippen molar-refractivity contribution in [2.45, 2.75) is 11.5 Å². The molecule has 2 aromatic rings. The Kier molecular flexibility index (Phi) is 4.46. The van der Waals surface area contributed by atoms with Crippen molar-refractivity contribution in [1.29, 1.82) is 0 Å². The summed E-state index contributed by atoms with van der Waals surface area (Å²) in [5.41, 5.74) is -0.304. The summed E-state index contributed by atoms with van der Waals surface area (Å²) >= 11 is 5.71. The van der Waals surface area contributed by atoms with E-state index in [0.29, 0.717) is 0 Å². The summed E-state index contributed by atoms with van der Waals surface area (Å²) in [6, 6.07) is 6.75. The molecule has 0 spiro atoms. The topological polar surface area (TPSA) is 66.4 Å². The van der Waals surface area contributed by atoms with Gasteiger partial charge in [-0.1, -0.05) is 17.7 Å². The van der Waals surface area contributed by atoms with Gasteiger partial charge in [0.2, 0.25) is 0 Å². The van der Waals surface area contributed by atoms with Crippen LogP contribution in [-0.2, 0) is 16.6 Å². The number of benzene rings is 2. The summed E-state index contributed by atoms with van der Waals surface area (Å²) in [4.78, 5) is -0.719. The summed E-state index contributed by atoms with van der Waals surface area (Å²) in [5.74, 6) is -1.75. The van der Waals surface area contributed by atoms with E-state index in [4.69, 9.17) is 16.7 Å². The van der Waals surface area contributed by atoms with Crippen LogP contribution in [0.1, 0.15) is 5.56 Å². The smallest absolute Gasteiger partial charge is 0.264 e. The first-order chi connectivity index (χ1) is 9.83. The van der Waals surface area contributed by atoms with Gasteiger partial charge in [-0.25, -0.2) is 17.2 Å². The number of nitrogens with one attached hydrogen (secondary N) is 1. The number of anilines is 1. The molecule has 2 rings (SSSR count). The summed E-state index contributed by atoms with van der Waals surface area (Å²) in [7, 11) is -4.30. The first kappa shape index (κ1) is 15.7. The maximum Gasteiger partial charge on any atom is 0.264 e. The second-order valence-electron chi connectivity index (χ2n) is 4.15. The van der Waals surface area contributed by atoms with Crippen LogP contribution in [0.5, 0.6) is 0 Å². The maximum absolute atomic E-state index is 14.0. The molecular formula is C13H10ClF2NO3S. The van der Waals surface area contributed by atoms with Crippen LogP contribution in [0, 0.1) is 11.6 Å².